The fourth-order valence-electron chi connectivity index (χ4n) is 0.857. The predicted octanol–water partition coefficient (Wildman–Crippen LogP) is 2.43. The van der Waals surface area contributed by atoms with Crippen molar-refractivity contribution in [3.8, 4) is 0 Å². The Labute approximate surface area is 53.2 Å². The van der Waals surface area contributed by atoms with E-state index >= 15 is 0 Å². The zero-order valence-electron chi connectivity index (χ0n) is 4.55. The molecule has 1 heterocycles. The van der Waals surface area contributed by atoms with Gasteiger partial charge in [-0.25, -0.2) is 0 Å². The topological polar surface area (TPSA) is 0 Å². The summed E-state index contributed by atoms with van der Waals surface area (Å²) in [5, 5.41) is 5.35. The fourth-order valence-corrected chi connectivity index (χ4v) is 1.51. The first-order valence-electron chi connectivity index (χ1n) is 2.92. The van der Waals surface area contributed by atoms with Gasteiger partial charge in [-0.2, -0.15) is 0 Å². The summed E-state index contributed by atoms with van der Waals surface area (Å²) in [5.74, 6) is 0.890. The molecule has 1 saturated carbocycles. The molecule has 0 nitrogen and oxygen atoms in total. The van der Waals surface area contributed by atoms with Gasteiger partial charge in [0.2, 0.25) is 0 Å². The highest BCUT2D eigenvalue weighted by atomic mass is 32.1. The van der Waals surface area contributed by atoms with Crippen LogP contribution in [0.25, 0.3) is 0 Å². The Hall–Kier alpha value is -0.300. The normalized spacial score (nSPS) is 19.0. The fraction of sp³-hybridized carbons (Fsp3) is 0.429. The maximum absolute atomic E-state index is 3.24. The molecule has 2 rings (SSSR count). The molecule has 0 amide bonds. The Morgan fingerprint density at radius 1 is 1.62 bits per heavy atom. The molecule has 0 spiro atoms. The van der Waals surface area contributed by atoms with Gasteiger partial charge < -0.3 is 0 Å². The molecule has 0 atom stereocenters. The van der Waals surface area contributed by atoms with Crippen molar-refractivity contribution >= 4 is 11.3 Å². The van der Waals surface area contributed by atoms with Gasteiger partial charge in [-0.05, 0) is 35.8 Å². The molecule has 0 aromatic carbocycles. The molecule has 1 aromatic rings. The van der Waals surface area contributed by atoms with Crippen LogP contribution in [0.15, 0.2) is 11.4 Å². The molecule has 0 bridgehead atoms. The monoisotopic (exact) mass is 123 g/mol. The molecule has 1 heteroatoms. The maximum atomic E-state index is 3.24. The molecule has 1 aliphatic carbocycles. The largest absolute Gasteiger partial charge is 0.143 e. The number of rotatable bonds is 1. The van der Waals surface area contributed by atoms with Crippen molar-refractivity contribution < 1.29 is 0 Å². The Kier molecular flexibility index (Phi) is 0.908. The lowest BCUT2D eigenvalue weighted by molar-refractivity contribution is 1.14. The van der Waals surface area contributed by atoms with Gasteiger partial charge in [0.1, 0.15) is 0 Å². The summed E-state index contributed by atoms with van der Waals surface area (Å²) in [4.78, 5) is 0. The average molecular weight is 123 g/mol. The Morgan fingerprint density at radius 3 is 3.00 bits per heavy atom. The lowest BCUT2D eigenvalue weighted by atomic mass is 10.2. The van der Waals surface area contributed by atoms with E-state index in [0.29, 0.717) is 0 Å². The number of hydrogen-bond acceptors (Lipinski definition) is 1. The van der Waals surface area contributed by atoms with E-state index in [9.17, 15) is 0 Å². The van der Waals surface area contributed by atoms with Crippen LogP contribution in [0.4, 0.5) is 0 Å². The Bertz CT molecular complexity index is 161. The molecular formula is C7H7S. The highest BCUT2D eigenvalue weighted by Crippen LogP contribution is 2.40. The minimum Gasteiger partial charge on any atom is -0.143 e. The molecule has 1 fully saturated rings. The Balaban J connectivity index is 2.28. The van der Waals surface area contributed by atoms with E-state index in [1.54, 1.807) is 11.3 Å². The van der Waals surface area contributed by atoms with Crippen LogP contribution in [0.2, 0.25) is 0 Å². The molecule has 1 aromatic heterocycles. The summed E-state index contributed by atoms with van der Waals surface area (Å²) < 4.78 is 0. The van der Waals surface area contributed by atoms with E-state index in [4.69, 9.17) is 0 Å². The van der Waals surface area contributed by atoms with Crippen LogP contribution in [0.1, 0.15) is 24.3 Å². The van der Waals surface area contributed by atoms with E-state index in [0.717, 1.165) is 5.92 Å². The second kappa shape index (κ2) is 1.59. The molecule has 1 aliphatic rings. The van der Waals surface area contributed by atoms with Crippen molar-refractivity contribution in [1.82, 2.24) is 0 Å². The molecule has 8 heavy (non-hydrogen) atoms. The van der Waals surface area contributed by atoms with Crippen molar-refractivity contribution in [3.05, 3.63) is 22.4 Å². The first-order valence-corrected chi connectivity index (χ1v) is 3.80. The minimum atomic E-state index is 0.890. The number of hydrogen-bond donors (Lipinski definition) is 0. The summed E-state index contributed by atoms with van der Waals surface area (Å²) in [5.41, 5.74) is 1.44. The van der Waals surface area contributed by atoms with Gasteiger partial charge in [0.25, 0.3) is 0 Å². The molecular weight excluding hydrogens is 116 g/mol. The van der Waals surface area contributed by atoms with Crippen LogP contribution in [0.5, 0.6) is 0 Å². The minimum absolute atomic E-state index is 0.890. The van der Waals surface area contributed by atoms with Crippen LogP contribution in [0, 0.1) is 5.38 Å². The van der Waals surface area contributed by atoms with Gasteiger partial charge in [-0.1, -0.05) is 0 Å². The molecule has 0 N–H and O–H groups in total. The Morgan fingerprint density at radius 2 is 2.50 bits per heavy atom. The van der Waals surface area contributed by atoms with E-state index in [1.807, 2.05) is 0 Å². The van der Waals surface area contributed by atoms with Gasteiger partial charge in [0, 0.05) is 5.38 Å². The lowest BCUT2D eigenvalue weighted by Crippen LogP contribution is -1.66. The second-order valence-electron chi connectivity index (χ2n) is 2.25. The van der Waals surface area contributed by atoms with Crippen LogP contribution in [-0.4, -0.2) is 0 Å². The maximum Gasteiger partial charge on any atom is 0.0480 e. The van der Waals surface area contributed by atoms with Gasteiger partial charge in [0.05, 0.1) is 0 Å². The van der Waals surface area contributed by atoms with Crippen LogP contribution >= 0.6 is 11.3 Å². The summed E-state index contributed by atoms with van der Waals surface area (Å²) >= 11 is 1.68. The quantitative estimate of drug-likeness (QED) is 0.538. The summed E-state index contributed by atoms with van der Waals surface area (Å²) in [6.07, 6.45) is 2.79. The first kappa shape index (κ1) is 4.57. The van der Waals surface area contributed by atoms with Gasteiger partial charge in [-0.3, -0.25) is 0 Å². The first-order chi connectivity index (χ1) is 3.97. The van der Waals surface area contributed by atoms with Crippen molar-refractivity contribution in [1.29, 1.82) is 0 Å². The zero-order chi connectivity index (χ0) is 5.40. The predicted molar refractivity (Wildman–Crippen MR) is 35.1 cm³/mol. The van der Waals surface area contributed by atoms with E-state index in [1.165, 1.54) is 18.4 Å². The molecule has 41 valence electrons. The smallest absolute Gasteiger partial charge is 0.0480 e. The SMILES string of the molecule is [c]1sccc1C1CC1. The van der Waals surface area contributed by atoms with Crippen LogP contribution in [-0.2, 0) is 0 Å². The highest BCUT2D eigenvalue weighted by Gasteiger charge is 2.23. The third-order valence-electron chi connectivity index (χ3n) is 1.51. The van der Waals surface area contributed by atoms with Gasteiger partial charge in [-0.15, -0.1) is 11.3 Å². The van der Waals surface area contributed by atoms with Crippen LogP contribution in [0.3, 0.4) is 0 Å². The van der Waals surface area contributed by atoms with Crippen molar-refractivity contribution in [2.24, 2.45) is 0 Å². The summed E-state index contributed by atoms with van der Waals surface area (Å²) in [7, 11) is 0. The van der Waals surface area contributed by atoms with E-state index in [2.05, 4.69) is 16.8 Å². The van der Waals surface area contributed by atoms with Crippen molar-refractivity contribution in [3.63, 3.8) is 0 Å². The van der Waals surface area contributed by atoms with Crippen molar-refractivity contribution in [2.75, 3.05) is 0 Å². The highest BCUT2D eigenvalue weighted by molar-refractivity contribution is 7.07. The average Bonchev–Trinajstić information content (AvgIpc) is 2.49. The van der Waals surface area contributed by atoms with Crippen LogP contribution < -0.4 is 0 Å². The summed E-state index contributed by atoms with van der Waals surface area (Å²) in [6.45, 7) is 0. The molecule has 1 radical (unpaired) electrons. The van der Waals surface area contributed by atoms with E-state index < -0.39 is 0 Å². The third-order valence-corrected chi connectivity index (χ3v) is 2.14. The van der Waals surface area contributed by atoms with Crippen molar-refractivity contribution in [2.45, 2.75) is 18.8 Å². The molecule has 0 saturated heterocycles. The molecule has 0 unspecified atom stereocenters. The molecule has 0 aliphatic heterocycles. The third kappa shape index (κ3) is 0.671. The van der Waals surface area contributed by atoms with Gasteiger partial charge >= 0.3 is 0 Å². The second-order valence-corrected chi connectivity index (χ2v) is 2.96. The number of thiophene rings is 1. The zero-order valence-corrected chi connectivity index (χ0v) is 5.37. The lowest BCUT2D eigenvalue weighted by Gasteiger charge is -1.81. The van der Waals surface area contributed by atoms with Gasteiger partial charge in [0.15, 0.2) is 0 Å². The summed E-state index contributed by atoms with van der Waals surface area (Å²) in [6, 6.07) is 2.18. The van der Waals surface area contributed by atoms with E-state index in [-0.39, 0.29) is 0 Å². The standard InChI is InChI=1S/C7H7S/c1-2-6(1)7-3-4-8-5-7/h3-4,6H,1-2H2.